The molecule has 0 spiro atoms. The molecule has 0 aromatic rings. The molecule has 0 heterocycles. The molecule has 24 heavy (non-hydrogen) atoms. The zero-order chi connectivity index (χ0) is 17.3. The number of hydrogen-bond donors (Lipinski definition) is 0. The van der Waals surface area contributed by atoms with E-state index in [1.54, 1.807) is 0 Å². The van der Waals surface area contributed by atoms with Crippen LogP contribution in [-0.2, 0) is 14.3 Å². The van der Waals surface area contributed by atoms with E-state index in [2.05, 4.69) is 13.5 Å². The Labute approximate surface area is 190 Å². The van der Waals surface area contributed by atoms with Crippen molar-refractivity contribution >= 4 is 11.9 Å². The molecule has 0 saturated heterocycles. The Hall–Kier alpha value is 0.316. The van der Waals surface area contributed by atoms with Gasteiger partial charge in [0.05, 0.1) is 19.0 Å². The van der Waals surface area contributed by atoms with Crippen molar-refractivity contribution in [1.82, 2.24) is 0 Å². The molecule has 0 aliphatic carbocycles. The zero-order valence-electron chi connectivity index (χ0n) is 15.7. The molecule has 0 fully saturated rings. The Morgan fingerprint density at radius 3 is 1.67 bits per heavy atom. The van der Waals surface area contributed by atoms with Crippen LogP contribution in [-0.4, -0.2) is 18.5 Å². The number of carboxylic acids is 1. The van der Waals surface area contributed by atoms with Gasteiger partial charge in [-0.25, -0.2) is 0 Å². The van der Waals surface area contributed by atoms with Gasteiger partial charge in [-0.2, -0.15) is 0 Å². The zero-order valence-corrected chi connectivity index (χ0v) is 18.9. The molecule has 0 rings (SSSR count). The van der Waals surface area contributed by atoms with Gasteiger partial charge in [-0.05, 0) is 12.0 Å². The summed E-state index contributed by atoms with van der Waals surface area (Å²) in [4.78, 5) is 21.7. The van der Waals surface area contributed by atoms with Gasteiger partial charge in [-0.3, -0.25) is 4.79 Å². The molecule has 0 bridgehead atoms. The first-order valence-corrected chi connectivity index (χ1v) is 9.12. The van der Waals surface area contributed by atoms with Gasteiger partial charge in [0.1, 0.15) is 0 Å². The van der Waals surface area contributed by atoms with Crippen molar-refractivity contribution < 1.29 is 70.8 Å². The summed E-state index contributed by atoms with van der Waals surface area (Å²) in [5, 5.41) is 10.4. The molecule has 0 N–H and O–H groups in total. The van der Waals surface area contributed by atoms with Crippen molar-refractivity contribution in [2.45, 2.75) is 90.4 Å². The van der Waals surface area contributed by atoms with Crippen LogP contribution < -0.4 is 56.5 Å². The maximum Gasteiger partial charge on any atom is 1.00 e. The van der Waals surface area contributed by atoms with Crippen LogP contribution in [0.2, 0.25) is 0 Å². The maximum atomic E-state index is 11.3. The van der Waals surface area contributed by atoms with Gasteiger partial charge >= 0.3 is 57.4 Å². The van der Waals surface area contributed by atoms with Gasteiger partial charge in [0.25, 0.3) is 0 Å². The summed E-state index contributed by atoms with van der Waals surface area (Å²) in [5.41, 5.74) is -0.232. The van der Waals surface area contributed by atoms with E-state index in [0.29, 0.717) is 6.61 Å². The molecular weight excluding hydrogens is 331 g/mol. The van der Waals surface area contributed by atoms with Gasteiger partial charge in [-0.15, -0.1) is 0 Å². The van der Waals surface area contributed by atoms with Crippen molar-refractivity contribution in [2.75, 3.05) is 6.61 Å². The molecule has 0 saturated carbocycles. The fourth-order valence-corrected chi connectivity index (χ4v) is 2.43. The molecule has 0 aliphatic rings. The van der Waals surface area contributed by atoms with Gasteiger partial charge in [-0.1, -0.05) is 84.1 Å². The number of esters is 1. The quantitative estimate of drug-likeness (QED) is 0.177. The van der Waals surface area contributed by atoms with Gasteiger partial charge in [0, 0.05) is 0 Å². The standard InChI is InChI=1S/C19H34O4.K/c1-3-4-5-6-7-8-9-10-11-12-13-14-15-23-18(20)16-17(2)19(21)22;/h2-16H2,1H3,(H,21,22);/q;+1/p-1. The van der Waals surface area contributed by atoms with Gasteiger partial charge in [0.2, 0.25) is 0 Å². The predicted octanol–water partition coefficient (Wildman–Crippen LogP) is 0.931. The summed E-state index contributed by atoms with van der Waals surface area (Å²) in [6.07, 6.45) is 14.8. The first-order chi connectivity index (χ1) is 11.1. The Balaban J connectivity index is 0. The SMILES string of the molecule is C=C(CC(=O)OCCCCCCCCCCCCCC)C(=O)[O-].[K+]. The summed E-state index contributed by atoms with van der Waals surface area (Å²) < 4.78 is 4.96. The summed E-state index contributed by atoms with van der Waals surface area (Å²) in [6, 6.07) is 0. The van der Waals surface area contributed by atoms with Crippen LogP contribution >= 0.6 is 0 Å². The monoisotopic (exact) mass is 364 g/mol. The Morgan fingerprint density at radius 2 is 1.25 bits per heavy atom. The second-order valence-electron chi connectivity index (χ2n) is 6.18. The van der Waals surface area contributed by atoms with E-state index in [0.717, 1.165) is 12.8 Å². The molecule has 0 amide bonds. The van der Waals surface area contributed by atoms with Crippen molar-refractivity contribution in [2.24, 2.45) is 0 Å². The van der Waals surface area contributed by atoms with Crippen molar-refractivity contribution in [3.63, 3.8) is 0 Å². The molecule has 0 aliphatic heterocycles. The molecule has 0 radical (unpaired) electrons. The second kappa shape index (κ2) is 19.6. The second-order valence-corrected chi connectivity index (χ2v) is 6.18. The summed E-state index contributed by atoms with van der Waals surface area (Å²) >= 11 is 0. The smallest absolute Gasteiger partial charge is 0.545 e. The number of hydrogen-bond acceptors (Lipinski definition) is 4. The fraction of sp³-hybridized carbons (Fsp3) is 0.789. The van der Waals surface area contributed by atoms with E-state index >= 15 is 0 Å². The minimum atomic E-state index is -1.40. The van der Waals surface area contributed by atoms with E-state index in [-0.39, 0.29) is 63.4 Å². The number of ether oxygens (including phenoxy) is 1. The van der Waals surface area contributed by atoms with E-state index in [1.807, 2.05) is 0 Å². The molecule has 0 atom stereocenters. The van der Waals surface area contributed by atoms with E-state index in [9.17, 15) is 14.7 Å². The van der Waals surface area contributed by atoms with Crippen LogP contribution in [0.1, 0.15) is 90.4 Å². The molecule has 5 heteroatoms. The molecule has 0 aromatic heterocycles. The minimum absolute atomic E-state index is 0. The van der Waals surface area contributed by atoms with E-state index in [4.69, 9.17) is 4.74 Å². The topological polar surface area (TPSA) is 66.4 Å². The number of unbranched alkanes of at least 4 members (excludes halogenated alkanes) is 11. The number of carboxylic acid groups (broad SMARTS) is 1. The van der Waals surface area contributed by atoms with Gasteiger partial charge in [0.15, 0.2) is 0 Å². The Morgan fingerprint density at radius 1 is 0.833 bits per heavy atom. The number of aliphatic carboxylic acids is 1. The number of carbonyl (C=O) groups is 2. The average Bonchev–Trinajstić information content (AvgIpc) is 2.51. The molecule has 134 valence electrons. The Bertz CT molecular complexity index is 342. The number of carbonyl (C=O) groups excluding carboxylic acids is 2. The molecule has 4 nitrogen and oxygen atoms in total. The first-order valence-electron chi connectivity index (χ1n) is 9.12. The predicted molar refractivity (Wildman–Crippen MR) is 90.8 cm³/mol. The summed E-state index contributed by atoms with van der Waals surface area (Å²) in [5.74, 6) is -1.94. The molecule has 0 unspecified atom stereocenters. The fourth-order valence-electron chi connectivity index (χ4n) is 2.43. The molecular formula is C19H33KO4. The summed E-state index contributed by atoms with van der Waals surface area (Å²) in [6.45, 7) is 5.84. The third-order valence-corrected chi connectivity index (χ3v) is 3.91. The van der Waals surface area contributed by atoms with Gasteiger partial charge < -0.3 is 14.6 Å². The van der Waals surface area contributed by atoms with Crippen molar-refractivity contribution in [3.8, 4) is 0 Å². The van der Waals surface area contributed by atoms with Crippen molar-refractivity contribution in [3.05, 3.63) is 12.2 Å². The number of rotatable bonds is 16. The van der Waals surface area contributed by atoms with E-state index in [1.165, 1.54) is 64.2 Å². The average molecular weight is 365 g/mol. The summed E-state index contributed by atoms with van der Waals surface area (Å²) in [7, 11) is 0. The van der Waals surface area contributed by atoms with Crippen LogP contribution in [0, 0.1) is 0 Å². The first kappa shape index (κ1) is 26.5. The van der Waals surface area contributed by atoms with E-state index < -0.39 is 11.9 Å². The van der Waals surface area contributed by atoms with Crippen LogP contribution in [0.15, 0.2) is 12.2 Å². The minimum Gasteiger partial charge on any atom is -0.545 e. The maximum absolute atomic E-state index is 11.3. The Kier molecular flexibility index (Phi) is 21.7. The largest absolute Gasteiger partial charge is 1.00 e. The molecule has 0 aromatic carbocycles. The van der Waals surface area contributed by atoms with Crippen LogP contribution in [0.3, 0.4) is 0 Å². The normalized spacial score (nSPS) is 10.0. The van der Waals surface area contributed by atoms with Crippen LogP contribution in [0.5, 0.6) is 0 Å². The van der Waals surface area contributed by atoms with Crippen LogP contribution in [0.25, 0.3) is 0 Å². The third-order valence-electron chi connectivity index (χ3n) is 3.91. The van der Waals surface area contributed by atoms with Crippen LogP contribution in [0.4, 0.5) is 0 Å². The third kappa shape index (κ3) is 18.7. The van der Waals surface area contributed by atoms with Crippen molar-refractivity contribution in [1.29, 1.82) is 0 Å².